The monoisotopic (exact) mass is 418 g/mol. The van der Waals surface area contributed by atoms with Crippen molar-refractivity contribution < 1.29 is 29.5 Å². The Bertz CT molecular complexity index is 938. The Kier molecular flexibility index (Phi) is 6.37. The van der Waals surface area contributed by atoms with E-state index in [1.165, 1.54) is 40.5 Å². The van der Waals surface area contributed by atoms with Gasteiger partial charge in [-0.1, -0.05) is 6.07 Å². The third kappa shape index (κ3) is 4.19. The molecule has 1 saturated heterocycles. The first-order valence-corrected chi connectivity index (χ1v) is 9.59. The quantitative estimate of drug-likeness (QED) is 0.168. The second-order valence-corrected chi connectivity index (χ2v) is 7.13. The number of hydrogen-bond donors (Lipinski definition) is 2. The smallest absolute Gasteiger partial charge is 0.295 e. The maximum absolute atomic E-state index is 12.7. The third-order valence-corrected chi connectivity index (χ3v) is 5.34. The highest BCUT2D eigenvalue weighted by Gasteiger charge is 2.46. The van der Waals surface area contributed by atoms with E-state index in [1.54, 1.807) is 17.5 Å². The van der Waals surface area contributed by atoms with Crippen LogP contribution in [0, 0.1) is 10.1 Å². The van der Waals surface area contributed by atoms with Gasteiger partial charge in [0.05, 0.1) is 36.4 Å². The molecule has 10 heteroatoms. The third-order valence-electron chi connectivity index (χ3n) is 4.42. The number of ketones is 1. The van der Waals surface area contributed by atoms with Gasteiger partial charge in [-0.2, -0.15) is 0 Å². The minimum absolute atomic E-state index is 0.0755. The van der Waals surface area contributed by atoms with Gasteiger partial charge in [0.15, 0.2) is 0 Å². The molecule has 1 atom stereocenters. The molecule has 1 aliphatic rings. The second-order valence-electron chi connectivity index (χ2n) is 6.15. The molecule has 1 aromatic carbocycles. The van der Waals surface area contributed by atoms with Crippen LogP contribution in [-0.4, -0.2) is 58.1 Å². The summed E-state index contributed by atoms with van der Waals surface area (Å²) in [5.41, 5.74) is -0.0296. The van der Waals surface area contributed by atoms with Crippen molar-refractivity contribution in [2.75, 3.05) is 26.4 Å². The van der Waals surface area contributed by atoms with Crippen LogP contribution in [0.3, 0.4) is 0 Å². The van der Waals surface area contributed by atoms with E-state index in [4.69, 9.17) is 9.84 Å². The summed E-state index contributed by atoms with van der Waals surface area (Å²) in [6.45, 7) is 0.168. The lowest BCUT2D eigenvalue weighted by Gasteiger charge is -2.23. The SMILES string of the molecule is O=C1C(=O)N(CCOCCO)[C@@H](c2cccs2)/C1=C(\O)c1ccc([N+](=O)[O-])cc1. The number of carbonyl (C=O) groups is 2. The molecule has 0 spiro atoms. The minimum Gasteiger partial charge on any atom is -0.507 e. The molecule has 3 rings (SSSR count). The van der Waals surface area contributed by atoms with Crippen LogP contribution >= 0.6 is 11.3 Å². The Morgan fingerprint density at radius 1 is 1.21 bits per heavy atom. The molecule has 0 saturated carbocycles. The van der Waals surface area contributed by atoms with Crippen LogP contribution in [0.5, 0.6) is 0 Å². The van der Waals surface area contributed by atoms with Crippen molar-refractivity contribution in [3.05, 3.63) is 67.9 Å². The molecule has 0 unspecified atom stereocenters. The minimum atomic E-state index is -0.832. The number of benzene rings is 1. The molecule has 2 heterocycles. The van der Waals surface area contributed by atoms with Gasteiger partial charge in [-0.05, 0) is 23.6 Å². The summed E-state index contributed by atoms with van der Waals surface area (Å²) in [6, 6.07) is 7.83. The average Bonchev–Trinajstić information content (AvgIpc) is 3.33. The number of aliphatic hydroxyl groups is 2. The number of non-ortho nitro benzene ring substituents is 1. The van der Waals surface area contributed by atoms with Crippen molar-refractivity contribution in [1.29, 1.82) is 0 Å². The van der Waals surface area contributed by atoms with Crippen molar-refractivity contribution in [3.8, 4) is 0 Å². The maximum Gasteiger partial charge on any atom is 0.295 e. The van der Waals surface area contributed by atoms with Gasteiger partial charge in [0, 0.05) is 29.1 Å². The number of nitro groups is 1. The molecule has 1 aromatic heterocycles. The number of ether oxygens (including phenoxy) is 1. The number of thiophene rings is 1. The summed E-state index contributed by atoms with van der Waals surface area (Å²) in [6.07, 6.45) is 0. The maximum atomic E-state index is 12.7. The summed E-state index contributed by atoms with van der Waals surface area (Å²) in [5, 5.41) is 32.2. The fraction of sp³-hybridized carbons (Fsp3) is 0.263. The summed E-state index contributed by atoms with van der Waals surface area (Å²) in [7, 11) is 0. The Labute approximate surface area is 169 Å². The molecule has 152 valence electrons. The highest BCUT2D eigenvalue weighted by atomic mass is 32.1. The molecule has 1 aliphatic heterocycles. The van der Waals surface area contributed by atoms with E-state index in [9.17, 15) is 24.8 Å². The predicted molar refractivity (Wildman–Crippen MR) is 104 cm³/mol. The van der Waals surface area contributed by atoms with Gasteiger partial charge in [0.2, 0.25) is 0 Å². The van der Waals surface area contributed by atoms with Crippen molar-refractivity contribution in [2.24, 2.45) is 0 Å². The van der Waals surface area contributed by atoms with Gasteiger partial charge in [0.25, 0.3) is 17.4 Å². The molecule has 0 aliphatic carbocycles. The molecular weight excluding hydrogens is 400 g/mol. The lowest BCUT2D eigenvalue weighted by Crippen LogP contribution is -2.32. The van der Waals surface area contributed by atoms with Crippen molar-refractivity contribution in [2.45, 2.75) is 6.04 Å². The zero-order valence-electron chi connectivity index (χ0n) is 15.2. The van der Waals surface area contributed by atoms with Crippen molar-refractivity contribution in [3.63, 3.8) is 0 Å². The number of nitro benzene ring substituents is 1. The van der Waals surface area contributed by atoms with Crippen molar-refractivity contribution in [1.82, 2.24) is 4.90 Å². The van der Waals surface area contributed by atoms with Gasteiger partial charge in [-0.15, -0.1) is 11.3 Å². The summed E-state index contributed by atoms with van der Waals surface area (Å²) >= 11 is 1.33. The highest BCUT2D eigenvalue weighted by molar-refractivity contribution is 7.10. The van der Waals surface area contributed by atoms with Crippen LogP contribution in [0.1, 0.15) is 16.5 Å². The Hall–Kier alpha value is -3.08. The number of rotatable bonds is 8. The molecule has 29 heavy (non-hydrogen) atoms. The van der Waals surface area contributed by atoms with Crippen LogP contribution in [0.4, 0.5) is 5.69 Å². The second kappa shape index (κ2) is 8.95. The predicted octanol–water partition coefficient (Wildman–Crippen LogP) is 2.09. The lowest BCUT2D eigenvalue weighted by molar-refractivity contribution is -0.384. The van der Waals surface area contributed by atoms with E-state index in [-0.39, 0.29) is 43.2 Å². The van der Waals surface area contributed by atoms with E-state index in [1.807, 2.05) is 0 Å². The topological polar surface area (TPSA) is 130 Å². The lowest BCUT2D eigenvalue weighted by atomic mass is 10.00. The molecule has 2 N–H and O–H groups in total. The van der Waals surface area contributed by atoms with Gasteiger partial charge in [0.1, 0.15) is 5.76 Å². The van der Waals surface area contributed by atoms with Gasteiger partial charge in [-0.3, -0.25) is 19.7 Å². The Balaban J connectivity index is 2.00. The Morgan fingerprint density at radius 2 is 1.93 bits per heavy atom. The van der Waals surface area contributed by atoms with Gasteiger partial charge >= 0.3 is 0 Å². The van der Waals surface area contributed by atoms with Crippen molar-refractivity contribution >= 4 is 34.5 Å². The van der Waals surface area contributed by atoms with E-state index in [0.29, 0.717) is 4.88 Å². The average molecular weight is 418 g/mol. The van der Waals surface area contributed by atoms with Crippen LogP contribution in [0.15, 0.2) is 47.4 Å². The van der Waals surface area contributed by atoms with Crippen LogP contribution in [0.2, 0.25) is 0 Å². The highest BCUT2D eigenvalue weighted by Crippen LogP contribution is 2.40. The zero-order valence-corrected chi connectivity index (χ0v) is 16.0. The van der Waals surface area contributed by atoms with Crippen LogP contribution < -0.4 is 0 Å². The fourth-order valence-electron chi connectivity index (χ4n) is 3.08. The number of hydrogen-bond acceptors (Lipinski definition) is 8. The number of likely N-dealkylation sites (tertiary alicyclic amines) is 1. The summed E-state index contributed by atoms with van der Waals surface area (Å²) in [4.78, 5) is 37.6. The normalized spacial score (nSPS) is 18.4. The van der Waals surface area contributed by atoms with Crippen LogP contribution in [0.25, 0.3) is 5.76 Å². The van der Waals surface area contributed by atoms with E-state index in [0.717, 1.165) is 0 Å². The molecule has 0 radical (unpaired) electrons. The molecule has 2 aromatic rings. The first kappa shape index (κ1) is 20.6. The molecule has 1 amide bonds. The zero-order chi connectivity index (χ0) is 21.0. The summed E-state index contributed by atoms with van der Waals surface area (Å²) in [5.74, 6) is -1.99. The number of nitrogens with zero attached hydrogens (tertiary/aromatic N) is 2. The first-order valence-electron chi connectivity index (χ1n) is 8.71. The fourth-order valence-corrected chi connectivity index (χ4v) is 3.92. The molecule has 1 fully saturated rings. The van der Waals surface area contributed by atoms with E-state index in [2.05, 4.69) is 0 Å². The molecular formula is C19H18N2O7S. The number of carbonyl (C=O) groups excluding carboxylic acids is 2. The van der Waals surface area contributed by atoms with Gasteiger partial charge in [-0.25, -0.2) is 0 Å². The van der Waals surface area contributed by atoms with E-state index >= 15 is 0 Å². The van der Waals surface area contributed by atoms with Crippen LogP contribution in [-0.2, 0) is 14.3 Å². The molecule has 0 bridgehead atoms. The first-order chi connectivity index (χ1) is 14.0. The number of aliphatic hydroxyl groups excluding tert-OH is 2. The number of amides is 1. The van der Waals surface area contributed by atoms with Gasteiger partial charge < -0.3 is 19.8 Å². The Morgan fingerprint density at radius 3 is 2.52 bits per heavy atom. The standard InChI is InChI=1S/C19H18N2O7S/c22-8-10-28-9-7-20-16(14-2-1-11-29-14)15(18(24)19(20)25)17(23)12-3-5-13(6-4-12)21(26)27/h1-6,11,16,22-23H,7-10H2/b17-15+/t16-/m0/s1. The molecule has 9 nitrogen and oxygen atoms in total. The largest absolute Gasteiger partial charge is 0.507 e. The van der Waals surface area contributed by atoms with E-state index < -0.39 is 28.4 Å². The summed E-state index contributed by atoms with van der Waals surface area (Å²) < 4.78 is 5.22. The number of Topliss-reactive ketones (excluding diaryl/α,β-unsaturated/α-hetero) is 1.